The molecule has 1 heterocycles. The molecule has 0 N–H and O–H groups in total. The van der Waals surface area contributed by atoms with Crippen molar-refractivity contribution in [2.24, 2.45) is 0 Å². The topological polar surface area (TPSA) is 69.4 Å². The van der Waals surface area contributed by atoms with E-state index < -0.39 is 16.5 Å². The van der Waals surface area contributed by atoms with Crippen LogP contribution in [0.4, 0.5) is 0 Å². The molecule has 0 bridgehead atoms. The largest absolute Gasteiger partial charge is 0.726 e. The lowest BCUT2D eigenvalue weighted by Gasteiger charge is -2.18. The van der Waals surface area contributed by atoms with Crippen molar-refractivity contribution in [2.75, 3.05) is 13.1 Å². The van der Waals surface area contributed by atoms with Gasteiger partial charge >= 0.3 is 0 Å². The third kappa shape index (κ3) is 4.12. The van der Waals surface area contributed by atoms with E-state index in [0.717, 1.165) is 18.5 Å². The monoisotopic (exact) mass is 283 g/mol. The van der Waals surface area contributed by atoms with Crippen LogP contribution in [0.25, 0.3) is 0 Å². The van der Waals surface area contributed by atoms with Crippen LogP contribution in [0.1, 0.15) is 24.5 Å². The van der Waals surface area contributed by atoms with E-state index in [9.17, 15) is 13.0 Å². The third-order valence-corrected chi connectivity index (χ3v) is 3.70. The smallest absolute Gasteiger partial charge is 0.218 e. The maximum absolute atomic E-state index is 10.6. The second-order valence-corrected chi connectivity index (χ2v) is 5.62. The van der Waals surface area contributed by atoms with E-state index in [0.29, 0.717) is 13.0 Å². The molecule has 6 heteroatoms. The van der Waals surface area contributed by atoms with Crippen LogP contribution < -0.4 is 0 Å². The second kappa shape index (κ2) is 5.81. The van der Waals surface area contributed by atoms with Gasteiger partial charge in [-0.05, 0) is 18.1 Å². The number of hydrogen-bond acceptors (Lipinski definition) is 4. The first-order valence-corrected chi connectivity index (χ1v) is 7.62. The molecule has 1 unspecified atom stereocenters. The van der Waals surface area contributed by atoms with Gasteiger partial charge in [-0.2, -0.15) is 0 Å². The summed E-state index contributed by atoms with van der Waals surface area (Å²) in [7, 11) is -4.64. The molecule has 1 aliphatic rings. The lowest BCUT2D eigenvalue weighted by atomic mass is 10.0. The standard InChI is InChI=1S/C13H17NO4S/c1-2-13(18-19(15,16)17)10-14-8-7-11-5-3-4-6-12(11)9-14/h3-6,9,13H,2,7-8,10H2,1H3. The molecule has 0 saturated heterocycles. The van der Waals surface area contributed by atoms with Crippen LogP contribution in [-0.4, -0.2) is 43.0 Å². The Morgan fingerprint density at radius 3 is 2.84 bits per heavy atom. The fourth-order valence-electron chi connectivity index (χ4n) is 2.21. The van der Waals surface area contributed by atoms with Gasteiger partial charge in [0, 0.05) is 12.0 Å². The average Bonchev–Trinajstić information content (AvgIpc) is 2.36. The zero-order valence-corrected chi connectivity index (χ0v) is 11.6. The summed E-state index contributed by atoms with van der Waals surface area (Å²) in [4.78, 5) is 0. The van der Waals surface area contributed by atoms with Crippen molar-refractivity contribution in [2.45, 2.75) is 25.9 Å². The van der Waals surface area contributed by atoms with Crippen LogP contribution in [0.2, 0.25) is 0 Å². The number of fused-ring (bicyclic) bond motifs is 1. The van der Waals surface area contributed by atoms with E-state index >= 15 is 0 Å². The molecule has 0 radical (unpaired) electrons. The van der Waals surface area contributed by atoms with Crippen molar-refractivity contribution in [3.63, 3.8) is 0 Å². The Bertz CT molecular complexity index is 580. The van der Waals surface area contributed by atoms with Gasteiger partial charge in [0.05, 0.1) is 0 Å². The van der Waals surface area contributed by atoms with Gasteiger partial charge in [-0.1, -0.05) is 25.1 Å². The molecule has 5 nitrogen and oxygen atoms in total. The zero-order chi connectivity index (χ0) is 13.9. The maximum Gasteiger partial charge on any atom is 0.218 e. The van der Waals surface area contributed by atoms with Gasteiger partial charge in [-0.15, -0.1) is 0 Å². The van der Waals surface area contributed by atoms with Gasteiger partial charge in [0.2, 0.25) is 10.4 Å². The minimum atomic E-state index is -4.64. The summed E-state index contributed by atoms with van der Waals surface area (Å²) in [6.45, 7) is 3.01. The SMILES string of the molecule is CCC(C[N+]1=Cc2ccccc2CC1)OS(=O)(=O)[O-]. The van der Waals surface area contributed by atoms with E-state index in [-0.39, 0.29) is 0 Å². The van der Waals surface area contributed by atoms with Crippen molar-refractivity contribution in [1.82, 2.24) is 0 Å². The molecule has 0 aliphatic carbocycles. The molecule has 0 spiro atoms. The minimum absolute atomic E-state index is 0.409. The fourth-order valence-corrected chi connectivity index (χ4v) is 2.74. The van der Waals surface area contributed by atoms with Crippen molar-refractivity contribution in [3.8, 4) is 0 Å². The Balaban J connectivity index is 2.10. The molecular formula is C13H17NO4S. The third-order valence-electron chi connectivity index (χ3n) is 3.19. The highest BCUT2D eigenvalue weighted by atomic mass is 32.3. The number of nitrogens with zero attached hydrogens (tertiary/aromatic N) is 1. The molecular weight excluding hydrogens is 266 g/mol. The van der Waals surface area contributed by atoms with E-state index in [1.165, 1.54) is 5.56 Å². The van der Waals surface area contributed by atoms with Crippen LogP contribution in [0.5, 0.6) is 0 Å². The van der Waals surface area contributed by atoms with Crippen LogP contribution in [-0.2, 0) is 21.0 Å². The molecule has 0 saturated carbocycles. The van der Waals surface area contributed by atoms with Crippen molar-refractivity contribution in [3.05, 3.63) is 35.4 Å². The van der Waals surface area contributed by atoms with Crippen LogP contribution >= 0.6 is 0 Å². The van der Waals surface area contributed by atoms with Gasteiger partial charge in [0.1, 0.15) is 12.6 Å². The second-order valence-electron chi connectivity index (χ2n) is 4.61. The van der Waals surface area contributed by atoms with Crippen LogP contribution in [0.3, 0.4) is 0 Å². The van der Waals surface area contributed by atoms with Crippen molar-refractivity contribution < 1.29 is 21.7 Å². The summed E-state index contributed by atoms with van der Waals surface area (Å²) in [5.74, 6) is 0. The quantitative estimate of drug-likeness (QED) is 0.458. The highest BCUT2D eigenvalue weighted by Crippen LogP contribution is 2.12. The molecule has 2 rings (SSSR count). The average molecular weight is 283 g/mol. The lowest BCUT2D eigenvalue weighted by molar-refractivity contribution is -0.531. The molecule has 1 atom stereocenters. The summed E-state index contributed by atoms with van der Waals surface area (Å²) in [5, 5.41) is 0. The molecule has 0 aromatic heterocycles. The van der Waals surface area contributed by atoms with E-state index in [2.05, 4.69) is 10.2 Å². The Labute approximate surface area is 113 Å². The fraction of sp³-hybridized carbons (Fsp3) is 0.462. The zero-order valence-electron chi connectivity index (χ0n) is 10.8. The summed E-state index contributed by atoms with van der Waals surface area (Å²) in [5.41, 5.74) is 2.41. The number of rotatable bonds is 5. The first kappa shape index (κ1) is 14.2. The summed E-state index contributed by atoms with van der Waals surface area (Å²) < 4.78 is 38.4. The molecule has 104 valence electrons. The van der Waals surface area contributed by atoms with Crippen molar-refractivity contribution in [1.29, 1.82) is 0 Å². The van der Waals surface area contributed by atoms with Gasteiger partial charge in [0.15, 0.2) is 12.8 Å². The van der Waals surface area contributed by atoms with Gasteiger partial charge in [-0.3, -0.25) is 4.18 Å². The molecule has 0 fully saturated rings. The van der Waals surface area contributed by atoms with E-state index in [1.54, 1.807) is 6.92 Å². The Hall–Kier alpha value is -1.24. The highest BCUT2D eigenvalue weighted by molar-refractivity contribution is 7.80. The Morgan fingerprint density at radius 1 is 1.42 bits per heavy atom. The normalized spacial score (nSPS) is 16.6. The lowest BCUT2D eigenvalue weighted by Crippen LogP contribution is -2.32. The van der Waals surface area contributed by atoms with Crippen molar-refractivity contribution >= 4 is 16.6 Å². The molecule has 0 amide bonds. The summed E-state index contributed by atoms with van der Waals surface area (Å²) in [6, 6.07) is 8.08. The number of benzene rings is 1. The minimum Gasteiger partial charge on any atom is -0.726 e. The summed E-state index contributed by atoms with van der Waals surface area (Å²) in [6.07, 6.45) is 2.78. The summed E-state index contributed by atoms with van der Waals surface area (Å²) >= 11 is 0. The predicted octanol–water partition coefficient (Wildman–Crippen LogP) is 0.930. The molecule has 1 aromatic rings. The van der Waals surface area contributed by atoms with E-state index in [1.807, 2.05) is 29.0 Å². The molecule has 1 aliphatic heterocycles. The maximum atomic E-state index is 10.6. The Morgan fingerprint density at radius 2 is 2.16 bits per heavy atom. The first-order chi connectivity index (χ1) is 8.98. The van der Waals surface area contributed by atoms with Gasteiger partial charge in [0.25, 0.3) is 0 Å². The number of hydrogen-bond donors (Lipinski definition) is 0. The molecule has 19 heavy (non-hydrogen) atoms. The predicted molar refractivity (Wildman–Crippen MR) is 70.2 cm³/mol. The van der Waals surface area contributed by atoms with Crippen LogP contribution in [0.15, 0.2) is 24.3 Å². The van der Waals surface area contributed by atoms with Gasteiger partial charge in [-0.25, -0.2) is 13.0 Å². The van der Waals surface area contributed by atoms with Crippen LogP contribution in [0, 0.1) is 0 Å². The highest BCUT2D eigenvalue weighted by Gasteiger charge is 2.21. The Kier molecular flexibility index (Phi) is 4.34. The first-order valence-electron chi connectivity index (χ1n) is 6.29. The van der Waals surface area contributed by atoms with Gasteiger partial charge < -0.3 is 4.55 Å². The molecule has 1 aromatic carbocycles. The van der Waals surface area contributed by atoms with E-state index in [4.69, 9.17) is 0 Å².